The summed E-state index contributed by atoms with van der Waals surface area (Å²) in [6.07, 6.45) is 5.72. The van der Waals surface area contributed by atoms with Crippen LogP contribution in [0.25, 0.3) is 0 Å². The second-order valence-electron chi connectivity index (χ2n) is 11.0. The van der Waals surface area contributed by atoms with E-state index >= 15 is 0 Å². The van der Waals surface area contributed by atoms with E-state index in [0.29, 0.717) is 13.1 Å². The highest BCUT2D eigenvalue weighted by Gasteiger charge is 2.49. The van der Waals surface area contributed by atoms with E-state index in [0.717, 1.165) is 50.5 Å². The number of carbonyl (C=O) groups is 3. The molecule has 3 aliphatic rings. The lowest BCUT2D eigenvalue weighted by Gasteiger charge is -2.35. The van der Waals surface area contributed by atoms with Gasteiger partial charge >= 0.3 is 12.2 Å². The Morgan fingerprint density at radius 2 is 1.44 bits per heavy atom. The highest BCUT2D eigenvalue weighted by Crippen LogP contribution is 2.35. The number of rotatable bonds is 5. The van der Waals surface area contributed by atoms with Gasteiger partial charge in [-0.2, -0.15) is 0 Å². The number of amides is 3. The number of hydrogen-bond donors (Lipinski definition) is 1. The van der Waals surface area contributed by atoms with Gasteiger partial charge in [0.25, 0.3) is 0 Å². The van der Waals surface area contributed by atoms with Gasteiger partial charge in [-0.15, -0.1) is 0 Å². The highest BCUT2D eigenvalue weighted by atomic mass is 16.6. The van der Waals surface area contributed by atoms with Crippen molar-refractivity contribution in [3.8, 4) is 0 Å². The van der Waals surface area contributed by atoms with Crippen molar-refractivity contribution in [2.75, 3.05) is 13.1 Å². The third-order valence-corrected chi connectivity index (χ3v) is 7.36. The lowest BCUT2D eigenvalue weighted by Crippen LogP contribution is -2.55. The normalized spacial score (nSPS) is 21.4. The maximum Gasteiger partial charge on any atom is 0.410 e. The predicted octanol–water partition coefficient (Wildman–Crippen LogP) is 6.52. The molecule has 0 spiro atoms. The first-order valence-corrected chi connectivity index (χ1v) is 15.0. The number of carbonyl (C=O) groups excluding carboxylic acids is 3. The molecule has 3 amide bonds. The number of ether oxygens (including phenoxy) is 2. The van der Waals surface area contributed by atoms with Gasteiger partial charge in [0.2, 0.25) is 5.91 Å². The molecule has 1 saturated carbocycles. The molecule has 1 aromatic rings. The monoisotopic (exact) mass is 545 g/mol. The van der Waals surface area contributed by atoms with Gasteiger partial charge in [0, 0.05) is 13.1 Å². The maximum absolute atomic E-state index is 13.8. The third-order valence-electron chi connectivity index (χ3n) is 7.36. The van der Waals surface area contributed by atoms with Crippen molar-refractivity contribution in [2.45, 2.75) is 124 Å². The zero-order valence-electron chi connectivity index (χ0n) is 25.2. The summed E-state index contributed by atoms with van der Waals surface area (Å²) in [5.74, 6) is 0.0610. The van der Waals surface area contributed by atoms with Gasteiger partial charge in [-0.3, -0.25) is 4.79 Å². The Kier molecular flexibility index (Phi) is 13.1. The summed E-state index contributed by atoms with van der Waals surface area (Å²) in [6.45, 7) is 14.8. The minimum absolute atomic E-state index is 0.0432. The minimum atomic E-state index is -0.630. The van der Waals surface area contributed by atoms with Crippen molar-refractivity contribution in [1.82, 2.24) is 15.1 Å². The number of alkyl carbamates (subject to hydrolysis) is 1. The highest BCUT2D eigenvalue weighted by molar-refractivity contribution is 5.87. The quantitative estimate of drug-likeness (QED) is 0.455. The largest absolute Gasteiger partial charge is 0.445 e. The Labute approximate surface area is 235 Å². The van der Waals surface area contributed by atoms with Gasteiger partial charge < -0.3 is 24.6 Å². The molecule has 2 heterocycles. The predicted molar refractivity (Wildman–Crippen MR) is 154 cm³/mol. The minimum Gasteiger partial charge on any atom is -0.445 e. The van der Waals surface area contributed by atoms with Crippen LogP contribution >= 0.6 is 0 Å². The fourth-order valence-corrected chi connectivity index (χ4v) is 5.75. The molecule has 2 aliphatic heterocycles. The van der Waals surface area contributed by atoms with Crippen LogP contribution in [0, 0.1) is 5.92 Å². The van der Waals surface area contributed by atoms with E-state index in [1.807, 2.05) is 83.7 Å². The van der Waals surface area contributed by atoms with Crippen LogP contribution < -0.4 is 5.32 Å². The molecule has 8 heteroatoms. The molecule has 8 nitrogen and oxygen atoms in total. The lowest BCUT2D eigenvalue weighted by molar-refractivity contribution is -0.136. The van der Waals surface area contributed by atoms with Crippen LogP contribution in [0.4, 0.5) is 9.59 Å². The molecule has 3 fully saturated rings. The molecule has 0 bridgehead atoms. The average Bonchev–Trinajstić information content (AvgIpc) is 3.55. The van der Waals surface area contributed by atoms with Crippen LogP contribution in [0.2, 0.25) is 0 Å². The number of nitrogens with zero attached hydrogens (tertiary/aromatic N) is 2. The van der Waals surface area contributed by atoms with E-state index in [-0.39, 0.29) is 36.6 Å². The van der Waals surface area contributed by atoms with Crippen LogP contribution in [0.1, 0.15) is 99.0 Å². The topological polar surface area (TPSA) is 88.2 Å². The van der Waals surface area contributed by atoms with Crippen molar-refractivity contribution < 1.29 is 23.9 Å². The molecule has 0 radical (unpaired) electrons. The molecule has 220 valence electrons. The second-order valence-corrected chi connectivity index (χ2v) is 11.0. The van der Waals surface area contributed by atoms with Crippen LogP contribution in [0.5, 0.6) is 0 Å². The second kappa shape index (κ2) is 15.7. The van der Waals surface area contributed by atoms with E-state index in [1.165, 1.54) is 0 Å². The van der Waals surface area contributed by atoms with E-state index < -0.39 is 17.7 Å². The standard InChI is InChI=1S/C27H39N3O5.2C2H6/c1-27(2,3)35-25(32)28-23(20-12-8-5-9-13-20)24(31)29-16-14-22-21(29)15-17-30(22)26(33)34-18-19-10-6-4-7-11-19;2*1-2/h4,6-7,10-11,20-23H,5,8-9,12-18H2,1-3H3,(H,28,32);2*1-2H3/t21-,22-,23?;;/m1../s1. The van der Waals surface area contributed by atoms with Gasteiger partial charge in [0.1, 0.15) is 18.2 Å². The molecule has 4 rings (SSSR count). The number of nitrogens with one attached hydrogen (secondary N) is 1. The molecular formula is C31H51N3O5. The SMILES string of the molecule is CC.CC.CC(C)(C)OC(=O)NC(C(=O)N1CC[C@@H]2[C@H]1CCN2C(=O)OCc1ccccc1)C1CCCCC1. The van der Waals surface area contributed by atoms with Gasteiger partial charge in [0.15, 0.2) is 0 Å². The van der Waals surface area contributed by atoms with Gasteiger partial charge in [-0.25, -0.2) is 9.59 Å². The molecule has 1 N–H and O–H groups in total. The van der Waals surface area contributed by atoms with Gasteiger partial charge in [0.05, 0.1) is 12.1 Å². The van der Waals surface area contributed by atoms with E-state index in [2.05, 4.69) is 5.32 Å². The Hall–Kier alpha value is -2.77. The van der Waals surface area contributed by atoms with E-state index in [1.54, 1.807) is 4.90 Å². The summed E-state index contributed by atoms with van der Waals surface area (Å²) >= 11 is 0. The number of likely N-dealkylation sites (tertiary alicyclic amines) is 2. The summed E-state index contributed by atoms with van der Waals surface area (Å²) in [6, 6.07) is 8.95. The van der Waals surface area contributed by atoms with Crippen LogP contribution in [0.3, 0.4) is 0 Å². The zero-order valence-corrected chi connectivity index (χ0v) is 25.2. The summed E-state index contributed by atoms with van der Waals surface area (Å²) in [7, 11) is 0. The van der Waals surface area contributed by atoms with Crippen LogP contribution in [-0.2, 0) is 20.9 Å². The fraction of sp³-hybridized carbons (Fsp3) is 0.710. The first-order valence-electron chi connectivity index (χ1n) is 15.0. The Balaban J connectivity index is 0.00000127. The zero-order chi connectivity index (χ0) is 29.0. The molecule has 1 aliphatic carbocycles. The van der Waals surface area contributed by atoms with Crippen molar-refractivity contribution in [1.29, 1.82) is 0 Å². The summed E-state index contributed by atoms with van der Waals surface area (Å²) in [5, 5.41) is 2.91. The smallest absolute Gasteiger partial charge is 0.410 e. The maximum atomic E-state index is 13.8. The van der Waals surface area contributed by atoms with Crippen molar-refractivity contribution in [3.63, 3.8) is 0 Å². The van der Waals surface area contributed by atoms with Crippen LogP contribution in [0.15, 0.2) is 30.3 Å². The summed E-state index contributed by atoms with van der Waals surface area (Å²) < 4.78 is 11.0. The number of fused-ring (bicyclic) bond motifs is 1. The first-order chi connectivity index (χ1) is 18.7. The van der Waals surface area contributed by atoms with Crippen LogP contribution in [-0.4, -0.2) is 64.7 Å². The first kappa shape index (κ1) is 32.4. The van der Waals surface area contributed by atoms with Gasteiger partial charge in [-0.05, 0) is 57.9 Å². The molecule has 2 saturated heterocycles. The van der Waals surface area contributed by atoms with Crippen molar-refractivity contribution in [3.05, 3.63) is 35.9 Å². The number of hydrogen-bond acceptors (Lipinski definition) is 5. The Bertz CT molecular complexity index is 895. The van der Waals surface area contributed by atoms with Crippen molar-refractivity contribution >= 4 is 18.1 Å². The van der Waals surface area contributed by atoms with E-state index in [4.69, 9.17) is 9.47 Å². The summed E-state index contributed by atoms with van der Waals surface area (Å²) in [5.41, 5.74) is 0.318. The molecule has 39 heavy (non-hydrogen) atoms. The molecule has 3 atom stereocenters. The molecule has 1 aromatic carbocycles. The summed E-state index contributed by atoms with van der Waals surface area (Å²) in [4.78, 5) is 42.9. The fourth-order valence-electron chi connectivity index (χ4n) is 5.75. The molecule has 0 aromatic heterocycles. The third kappa shape index (κ3) is 9.14. The van der Waals surface area contributed by atoms with Gasteiger partial charge in [-0.1, -0.05) is 77.3 Å². The average molecular weight is 546 g/mol. The van der Waals surface area contributed by atoms with Crippen molar-refractivity contribution in [2.24, 2.45) is 5.92 Å². The lowest BCUT2D eigenvalue weighted by atomic mass is 9.83. The molecule has 1 unspecified atom stereocenters. The Morgan fingerprint density at radius 3 is 2.03 bits per heavy atom. The van der Waals surface area contributed by atoms with E-state index in [9.17, 15) is 14.4 Å². The Morgan fingerprint density at radius 1 is 0.872 bits per heavy atom. The number of benzene rings is 1. The molecular weight excluding hydrogens is 494 g/mol.